The molecule has 3 fully saturated rings. The Balaban J connectivity index is 1.82. The van der Waals surface area contributed by atoms with Gasteiger partial charge in [-0.2, -0.15) is 0 Å². The van der Waals surface area contributed by atoms with E-state index < -0.39 is 0 Å². The molecule has 0 aliphatic heterocycles. The lowest BCUT2D eigenvalue weighted by Gasteiger charge is -2.31. The third-order valence-electron chi connectivity index (χ3n) is 5.19. The Morgan fingerprint density at radius 2 is 1.33 bits per heavy atom. The molecule has 0 nitrogen and oxygen atoms in total. The third kappa shape index (κ3) is 0.522. The topological polar surface area (TPSA) is 0 Å². The van der Waals surface area contributed by atoms with E-state index in [4.69, 9.17) is 0 Å². The van der Waals surface area contributed by atoms with Crippen LogP contribution in [-0.4, -0.2) is 0 Å². The molecule has 3 saturated carbocycles. The summed E-state index contributed by atoms with van der Waals surface area (Å²) in [5.41, 5.74) is 0. The van der Waals surface area contributed by atoms with Crippen molar-refractivity contribution in [2.45, 2.75) is 25.7 Å². The van der Waals surface area contributed by atoms with Crippen molar-refractivity contribution in [2.75, 3.05) is 0 Å². The van der Waals surface area contributed by atoms with E-state index >= 15 is 0 Å². The molecule has 0 aromatic carbocycles. The second kappa shape index (κ2) is 1.81. The van der Waals surface area contributed by atoms with Crippen LogP contribution in [0.2, 0.25) is 0 Å². The third-order valence-corrected chi connectivity index (χ3v) is 5.19. The smallest absolute Gasteiger partial charge is 0.0194 e. The van der Waals surface area contributed by atoms with Gasteiger partial charge in [0.2, 0.25) is 0 Å². The highest BCUT2D eigenvalue weighted by Gasteiger charge is 2.57. The van der Waals surface area contributed by atoms with Gasteiger partial charge >= 0.3 is 0 Å². The fourth-order valence-electron chi connectivity index (χ4n) is 4.98. The molecular formula is C12H16. The standard InChI is InChI=1S/C12H16/c1-2-8-5-7(1)11-9-3-4-10(6-9)12(8)11/h1-2,7-12H,3-6H2/t7-,8+,9+,10-,11?,12?. The molecule has 4 rings (SSSR count). The molecule has 4 bridgehead atoms. The van der Waals surface area contributed by atoms with Gasteiger partial charge in [-0.05, 0) is 61.2 Å². The molecule has 64 valence electrons. The lowest BCUT2D eigenvalue weighted by atomic mass is 9.73. The maximum absolute atomic E-state index is 2.53. The van der Waals surface area contributed by atoms with E-state index in [2.05, 4.69) is 12.2 Å². The Morgan fingerprint density at radius 1 is 0.750 bits per heavy atom. The van der Waals surface area contributed by atoms with E-state index in [0.717, 1.165) is 35.5 Å². The fourth-order valence-corrected chi connectivity index (χ4v) is 4.98. The van der Waals surface area contributed by atoms with Gasteiger partial charge in [0.05, 0.1) is 0 Å². The van der Waals surface area contributed by atoms with Crippen LogP contribution < -0.4 is 0 Å². The van der Waals surface area contributed by atoms with Crippen LogP contribution in [0.1, 0.15) is 25.7 Å². The molecule has 12 heavy (non-hydrogen) atoms. The average Bonchev–Trinajstić information content (AvgIpc) is 2.83. The minimum absolute atomic E-state index is 1.02. The Bertz CT molecular complexity index is 229. The summed E-state index contributed by atoms with van der Waals surface area (Å²) in [5.74, 6) is 6.66. The van der Waals surface area contributed by atoms with E-state index in [-0.39, 0.29) is 0 Å². The number of hydrogen-bond donors (Lipinski definition) is 0. The lowest BCUT2D eigenvalue weighted by Crippen LogP contribution is -2.25. The van der Waals surface area contributed by atoms with Crippen molar-refractivity contribution in [2.24, 2.45) is 35.5 Å². The molecule has 0 saturated heterocycles. The number of hydrogen-bond acceptors (Lipinski definition) is 0. The van der Waals surface area contributed by atoms with E-state index in [1.165, 1.54) is 6.42 Å². The summed E-state index contributed by atoms with van der Waals surface area (Å²) in [6.45, 7) is 0. The first-order chi connectivity index (χ1) is 5.93. The predicted octanol–water partition coefficient (Wildman–Crippen LogP) is 2.85. The molecule has 2 unspecified atom stereocenters. The van der Waals surface area contributed by atoms with Gasteiger partial charge < -0.3 is 0 Å². The summed E-state index contributed by atoms with van der Waals surface area (Å²) in [4.78, 5) is 0. The van der Waals surface area contributed by atoms with Crippen LogP contribution in [0.5, 0.6) is 0 Å². The Kier molecular flexibility index (Phi) is 0.939. The van der Waals surface area contributed by atoms with Gasteiger partial charge in [-0.25, -0.2) is 0 Å². The summed E-state index contributed by atoms with van der Waals surface area (Å²) in [6.07, 6.45) is 11.3. The summed E-state index contributed by atoms with van der Waals surface area (Å²) >= 11 is 0. The molecule has 0 heteroatoms. The molecule has 0 amide bonds. The fraction of sp³-hybridized carbons (Fsp3) is 0.833. The van der Waals surface area contributed by atoms with Crippen LogP contribution in [0.15, 0.2) is 12.2 Å². The molecule has 4 aliphatic carbocycles. The SMILES string of the molecule is C1=C[C@H]2C[C@@H]1C1C2[C@@H]2CC[C@H]1C2. The summed E-state index contributed by atoms with van der Waals surface area (Å²) in [6, 6.07) is 0. The van der Waals surface area contributed by atoms with Crippen LogP contribution in [-0.2, 0) is 0 Å². The van der Waals surface area contributed by atoms with Gasteiger partial charge in [0.15, 0.2) is 0 Å². The largest absolute Gasteiger partial charge is 0.0848 e. The van der Waals surface area contributed by atoms with Gasteiger partial charge in [-0.15, -0.1) is 0 Å². The molecule has 0 heterocycles. The maximum Gasteiger partial charge on any atom is -0.0194 e. The first-order valence-corrected chi connectivity index (χ1v) is 5.62. The Morgan fingerprint density at radius 3 is 1.92 bits per heavy atom. The minimum atomic E-state index is 1.02. The summed E-state index contributed by atoms with van der Waals surface area (Å²) in [7, 11) is 0. The van der Waals surface area contributed by atoms with Crippen LogP contribution >= 0.6 is 0 Å². The average molecular weight is 160 g/mol. The van der Waals surface area contributed by atoms with Crippen molar-refractivity contribution in [3.05, 3.63) is 12.2 Å². The highest BCUT2D eigenvalue weighted by Crippen LogP contribution is 2.65. The van der Waals surface area contributed by atoms with Gasteiger partial charge in [0.1, 0.15) is 0 Å². The van der Waals surface area contributed by atoms with Crippen molar-refractivity contribution in [1.29, 1.82) is 0 Å². The first kappa shape index (κ1) is 6.23. The molecule has 6 atom stereocenters. The van der Waals surface area contributed by atoms with E-state index in [0.29, 0.717) is 0 Å². The van der Waals surface area contributed by atoms with Crippen molar-refractivity contribution in [3.8, 4) is 0 Å². The van der Waals surface area contributed by atoms with E-state index in [1.54, 1.807) is 19.3 Å². The maximum atomic E-state index is 2.53. The summed E-state index contributed by atoms with van der Waals surface area (Å²) in [5, 5.41) is 0. The monoisotopic (exact) mass is 160 g/mol. The molecule has 0 aromatic rings. The normalized spacial score (nSPS) is 64.7. The first-order valence-electron chi connectivity index (χ1n) is 5.62. The van der Waals surface area contributed by atoms with Crippen molar-refractivity contribution < 1.29 is 0 Å². The van der Waals surface area contributed by atoms with E-state index in [1.807, 2.05) is 0 Å². The van der Waals surface area contributed by atoms with Crippen LogP contribution in [0.3, 0.4) is 0 Å². The highest BCUT2D eigenvalue weighted by molar-refractivity contribution is 5.19. The van der Waals surface area contributed by atoms with Crippen LogP contribution in [0, 0.1) is 35.5 Å². The van der Waals surface area contributed by atoms with E-state index in [9.17, 15) is 0 Å². The number of rotatable bonds is 0. The predicted molar refractivity (Wildman–Crippen MR) is 48.5 cm³/mol. The molecule has 0 radical (unpaired) electrons. The van der Waals surface area contributed by atoms with Crippen molar-refractivity contribution in [1.82, 2.24) is 0 Å². The van der Waals surface area contributed by atoms with Crippen LogP contribution in [0.25, 0.3) is 0 Å². The number of fused-ring (bicyclic) bond motifs is 9. The zero-order chi connectivity index (χ0) is 7.71. The van der Waals surface area contributed by atoms with Gasteiger partial charge in [0.25, 0.3) is 0 Å². The van der Waals surface area contributed by atoms with Gasteiger partial charge in [0, 0.05) is 0 Å². The van der Waals surface area contributed by atoms with Crippen molar-refractivity contribution >= 4 is 0 Å². The number of allylic oxidation sites excluding steroid dienone is 2. The minimum Gasteiger partial charge on any atom is -0.0848 e. The van der Waals surface area contributed by atoms with Gasteiger partial charge in [-0.3, -0.25) is 0 Å². The lowest BCUT2D eigenvalue weighted by molar-refractivity contribution is 0.206. The molecule has 0 N–H and O–H groups in total. The quantitative estimate of drug-likeness (QED) is 0.377. The Labute approximate surface area is 74.0 Å². The highest BCUT2D eigenvalue weighted by atomic mass is 14.6. The second-order valence-corrected chi connectivity index (χ2v) is 5.44. The van der Waals surface area contributed by atoms with Crippen LogP contribution in [0.4, 0.5) is 0 Å². The molecule has 0 spiro atoms. The second-order valence-electron chi connectivity index (χ2n) is 5.44. The van der Waals surface area contributed by atoms with Crippen molar-refractivity contribution in [3.63, 3.8) is 0 Å². The molecule has 0 aromatic heterocycles. The molecular weight excluding hydrogens is 144 g/mol. The Hall–Kier alpha value is -0.260. The zero-order valence-corrected chi connectivity index (χ0v) is 7.45. The summed E-state index contributed by atoms with van der Waals surface area (Å²) < 4.78 is 0. The molecule has 4 aliphatic rings. The van der Waals surface area contributed by atoms with Gasteiger partial charge in [-0.1, -0.05) is 12.2 Å². The zero-order valence-electron chi connectivity index (χ0n) is 7.45.